The van der Waals surface area contributed by atoms with Gasteiger partial charge in [-0.1, -0.05) is 151 Å². The van der Waals surface area contributed by atoms with Gasteiger partial charge in [-0.15, -0.1) is 0 Å². The zero-order valence-corrected chi connectivity index (χ0v) is 25.0. The fourth-order valence-corrected chi connectivity index (χ4v) is 7.17. The summed E-state index contributed by atoms with van der Waals surface area (Å²) >= 11 is 0. The van der Waals surface area contributed by atoms with Crippen LogP contribution in [0.15, 0.2) is 174 Å². The molecule has 0 N–H and O–H groups in total. The van der Waals surface area contributed by atoms with E-state index in [4.69, 9.17) is 9.90 Å². The molecule has 0 aliphatic heterocycles. The molecule has 1 heteroatoms. The van der Waals surface area contributed by atoms with Crippen molar-refractivity contribution in [3.8, 4) is 33.4 Å². The molecular weight excluding hydrogens is 569 g/mol. The van der Waals surface area contributed by atoms with Crippen LogP contribution in [0.5, 0.6) is 0 Å². The van der Waals surface area contributed by atoms with Gasteiger partial charge in [0.15, 0.2) is 0 Å². The van der Waals surface area contributed by atoms with Crippen LogP contribution in [0.3, 0.4) is 0 Å². The highest BCUT2D eigenvalue weighted by atomic mass is 16.3. The predicted octanol–water partition coefficient (Wildman–Crippen LogP) is 13.2. The summed E-state index contributed by atoms with van der Waals surface area (Å²) in [6.07, 6.45) is 0. The fourth-order valence-electron chi connectivity index (χ4n) is 7.17. The number of hydrogen-bond acceptors (Lipinski definition) is 1. The van der Waals surface area contributed by atoms with Crippen LogP contribution in [0.25, 0.3) is 98.4 Å². The Labute approximate surface area is 283 Å². The van der Waals surface area contributed by atoms with Gasteiger partial charge in [-0.25, -0.2) is 0 Å². The third-order valence-corrected chi connectivity index (χ3v) is 9.27. The summed E-state index contributed by atoms with van der Waals surface area (Å²) < 4.78 is 79.6. The third-order valence-electron chi connectivity index (χ3n) is 9.27. The molecule has 0 aliphatic rings. The molecule has 0 fully saturated rings. The zero-order chi connectivity index (χ0) is 37.9. The van der Waals surface area contributed by atoms with E-state index >= 15 is 0 Å². The molecule has 0 saturated heterocycles. The minimum absolute atomic E-state index is 0.148. The lowest BCUT2D eigenvalue weighted by molar-refractivity contribution is 0.670. The normalized spacial score (nSPS) is 14.2. The monoisotopic (exact) mass is 604 g/mol. The van der Waals surface area contributed by atoms with Crippen LogP contribution in [0, 0.1) is 0 Å². The van der Waals surface area contributed by atoms with E-state index < -0.39 is 24.2 Å². The highest BCUT2D eigenvalue weighted by Crippen LogP contribution is 2.47. The maximum atomic E-state index is 9.42. The molecule has 0 radical (unpaired) electrons. The Balaban J connectivity index is 1.40. The summed E-state index contributed by atoms with van der Waals surface area (Å²) in [5, 5.41) is 6.30. The lowest BCUT2D eigenvalue weighted by atomic mass is 9.85. The molecule has 1 aromatic heterocycles. The number of benzene rings is 9. The van der Waals surface area contributed by atoms with Crippen LogP contribution in [0.1, 0.15) is 11.0 Å². The molecule has 1 heterocycles. The molecule has 0 amide bonds. The second-order valence-electron chi connectivity index (χ2n) is 11.8. The van der Waals surface area contributed by atoms with E-state index in [0.717, 1.165) is 43.4 Å². The molecule has 10 rings (SSSR count). The Hall–Kier alpha value is -6.18. The molecule has 47 heavy (non-hydrogen) atoms. The maximum absolute atomic E-state index is 9.42. The Morgan fingerprint density at radius 1 is 0.404 bits per heavy atom. The van der Waals surface area contributed by atoms with E-state index in [1.807, 2.05) is 84.9 Å². The molecule has 218 valence electrons. The minimum Gasteiger partial charge on any atom is -0.455 e. The largest absolute Gasteiger partial charge is 0.455 e. The van der Waals surface area contributed by atoms with Gasteiger partial charge in [0.1, 0.15) is 11.2 Å². The highest BCUT2D eigenvalue weighted by Gasteiger charge is 2.21. The summed E-state index contributed by atoms with van der Waals surface area (Å²) in [4.78, 5) is 0. The van der Waals surface area contributed by atoms with Crippen molar-refractivity contribution in [3.63, 3.8) is 0 Å². The highest BCUT2D eigenvalue weighted by molar-refractivity contribution is 6.25. The van der Waals surface area contributed by atoms with Crippen molar-refractivity contribution in [1.29, 1.82) is 0 Å². The summed E-state index contributed by atoms with van der Waals surface area (Å²) in [6, 6.07) is 36.4. The summed E-state index contributed by atoms with van der Waals surface area (Å²) in [7, 11) is 0. The standard InChI is InChI=1S/C46H28O/c1-3-13-31-27-33(25-23-29(31)11-1)35-19-10-22-42-45(35)41-21-9-20-40(46(41)47-42)44-38-17-7-5-15-36(38)43(37-16-6-8-18-39(37)44)34-26-24-30-12-2-4-14-32(30)28-34/h1-28H/i5D,6D,7D,8D,15D,16D,17D,18D. The first-order valence-corrected chi connectivity index (χ1v) is 15.5. The van der Waals surface area contributed by atoms with Gasteiger partial charge >= 0.3 is 0 Å². The maximum Gasteiger partial charge on any atom is 0.143 e. The van der Waals surface area contributed by atoms with Crippen molar-refractivity contribution < 1.29 is 15.4 Å². The van der Waals surface area contributed by atoms with Crippen LogP contribution >= 0.6 is 0 Å². The van der Waals surface area contributed by atoms with Crippen LogP contribution in [0.4, 0.5) is 0 Å². The summed E-state index contributed by atoms with van der Waals surface area (Å²) in [5.41, 5.74) is 4.58. The van der Waals surface area contributed by atoms with Crippen molar-refractivity contribution in [3.05, 3.63) is 170 Å². The van der Waals surface area contributed by atoms with Crippen LogP contribution < -0.4 is 0 Å². The second kappa shape index (κ2) is 10.2. The Kier molecular flexibility index (Phi) is 4.19. The second-order valence-corrected chi connectivity index (χ2v) is 11.8. The first kappa shape index (κ1) is 19.4. The smallest absolute Gasteiger partial charge is 0.143 e. The third kappa shape index (κ3) is 3.97. The molecule has 0 bridgehead atoms. The molecule has 0 atom stereocenters. The van der Waals surface area contributed by atoms with E-state index in [1.165, 1.54) is 0 Å². The predicted molar refractivity (Wildman–Crippen MR) is 200 cm³/mol. The summed E-state index contributed by atoms with van der Waals surface area (Å²) in [6.45, 7) is 0. The molecule has 0 unspecified atom stereocenters. The van der Waals surface area contributed by atoms with E-state index in [2.05, 4.69) is 30.3 Å². The molecule has 1 nitrogen and oxygen atoms in total. The van der Waals surface area contributed by atoms with E-state index in [1.54, 1.807) is 6.07 Å². The number of para-hydroxylation sites is 1. The lowest BCUT2D eigenvalue weighted by Crippen LogP contribution is -1.91. The van der Waals surface area contributed by atoms with Crippen LogP contribution in [0.2, 0.25) is 0 Å². The molecule has 10 aromatic rings. The van der Waals surface area contributed by atoms with Gasteiger partial charge in [0.2, 0.25) is 0 Å². The van der Waals surface area contributed by atoms with E-state index in [-0.39, 0.29) is 51.3 Å². The average Bonchev–Trinajstić information content (AvgIpc) is 3.61. The molecule has 0 aliphatic carbocycles. The van der Waals surface area contributed by atoms with Gasteiger partial charge in [0.05, 0.1) is 11.0 Å². The molecular formula is C46H28O. The van der Waals surface area contributed by atoms with Gasteiger partial charge < -0.3 is 4.42 Å². The lowest BCUT2D eigenvalue weighted by Gasteiger charge is -2.18. The van der Waals surface area contributed by atoms with Gasteiger partial charge in [-0.3, -0.25) is 0 Å². The SMILES string of the molecule is [2H]c1c([2H])c([2H])c2c(-c3cccc4c3oc3cccc(-c5ccc6ccccc6c5)c34)c3c([2H])c([2H])c([2H])c([2H])c3c(-c3ccc4ccccc4c3)c2c1[2H]. The van der Waals surface area contributed by atoms with Crippen LogP contribution in [-0.2, 0) is 0 Å². The van der Waals surface area contributed by atoms with Crippen molar-refractivity contribution in [1.82, 2.24) is 0 Å². The number of hydrogen-bond donors (Lipinski definition) is 0. The first-order valence-electron chi connectivity index (χ1n) is 19.5. The van der Waals surface area contributed by atoms with Crippen molar-refractivity contribution in [2.75, 3.05) is 0 Å². The van der Waals surface area contributed by atoms with Crippen molar-refractivity contribution in [2.24, 2.45) is 0 Å². The van der Waals surface area contributed by atoms with Gasteiger partial charge in [0, 0.05) is 21.9 Å². The molecule has 9 aromatic carbocycles. The average molecular weight is 605 g/mol. The van der Waals surface area contributed by atoms with Crippen molar-refractivity contribution in [2.45, 2.75) is 0 Å². The number of fused-ring (bicyclic) bond motifs is 7. The molecule has 0 saturated carbocycles. The first-order chi connectivity index (χ1) is 26.6. The Bertz CT molecular complexity index is 3230. The topological polar surface area (TPSA) is 13.1 Å². The van der Waals surface area contributed by atoms with Crippen LogP contribution in [-0.4, -0.2) is 0 Å². The van der Waals surface area contributed by atoms with Gasteiger partial charge in [-0.2, -0.15) is 0 Å². The minimum atomic E-state index is -0.446. The van der Waals surface area contributed by atoms with Gasteiger partial charge in [-0.05, 0) is 83.5 Å². The quantitative estimate of drug-likeness (QED) is 0.183. The zero-order valence-electron chi connectivity index (χ0n) is 33.0. The van der Waals surface area contributed by atoms with E-state index in [0.29, 0.717) is 27.9 Å². The Morgan fingerprint density at radius 2 is 0.936 bits per heavy atom. The number of furan rings is 1. The Morgan fingerprint density at radius 3 is 1.60 bits per heavy atom. The number of rotatable bonds is 3. The van der Waals surface area contributed by atoms with E-state index in [9.17, 15) is 5.48 Å². The summed E-state index contributed by atoms with van der Waals surface area (Å²) in [5.74, 6) is 0. The van der Waals surface area contributed by atoms with Crippen molar-refractivity contribution >= 4 is 65.0 Å². The fraction of sp³-hybridized carbons (Fsp3) is 0. The molecule has 0 spiro atoms. The van der Waals surface area contributed by atoms with Gasteiger partial charge in [0.25, 0.3) is 0 Å².